The molecule has 0 saturated heterocycles. The predicted octanol–water partition coefficient (Wildman–Crippen LogP) is 6.70. The minimum Gasteiger partial charge on any atom is -0.358 e. The van der Waals surface area contributed by atoms with Gasteiger partial charge in [0, 0.05) is 25.8 Å². The van der Waals surface area contributed by atoms with Crippen molar-refractivity contribution in [2.24, 2.45) is 5.41 Å². The summed E-state index contributed by atoms with van der Waals surface area (Å²) in [4.78, 5) is 0. The third-order valence-corrected chi connectivity index (χ3v) is 5.61. The molecule has 0 heterocycles. The Morgan fingerprint density at radius 2 is 1.61 bits per heavy atom. The van der Waals surface area contributed by atoms with Crippen molar-refractivity contribution in [3.63, 3.8) is 0 Å². The summed E-state index contributed by atoms with van der Waals surface area (Å²) in [6.45, 7) is 7.00. The molecule has 0 fully saturated rings. The maximum Gasteiger partial charge on any atom is 0 e. The predicted molar refractivity (Wildman–Crippen MR) is 101 cm³/mol. The second-order valence-electron chi connectivity index (χ2n) is 6.73. The van der Waals surface area contributed by atoms with E-state index in [4.69, 9.17) is 0 Å². The van der Waals surface area contributed by atoms with Gasteiger partial charge in [-0.25, -0.2) is 0 Å². The van der Waals surface area contributed by atoms with Crippen molar-refractivity contribution in [1.29, 1.82) is 0 Å². The molecule has 0 spiro atoms. The first-order valence-corrected chi connectivity index (χ1v) is 8.41. The fraction of sp³-hybridized carbons (Fsp3) is 0.500. The molecule has 0 N–H and O–H groups in total. The summed E-state index contributed by atoms with van der Waals surface area (Å²) in [5, 5.41) is 3.00. The Labute approximate surface area is 163 Å². The average Bonchev–Trinajstić information content (AvgIpc) is 3.03. The van der Waals surface area contributed by atoms with Gasteiger partial charge in [0.05, 0.1) is 0 Å². The van der Waals surface area contributed by atoms with E-state index in [2.05, 4.69) is 45.0 Å². The van der Waals surface area contributed by atoms with E-state index in [0.29, 0.717) is 5.41 Å². The van der Waals surface area contributed by atoms with Crippen molar-refractivity contribution < 1.29 is 25.8 Å². The van der Waals surface area contributed by atoms with E-state index in [1.807, 2.05) is 0 Å². The molecular formula is C22H33Hf-3. The minimum absolute atomic E-state index is 0. The van der Waals surface area contributed by atoms with Gasteiger partial charge in [0.1, 0.15) is 0 Å². The van der Waals surface area contributed by atoms with Crippen molar-refractivity contribution >= 4 is 10.8 Å². The van der Waals surface area contributed by atoms with Crippen LogP contribution in [0, 0.1) is 20.3 Å². The Kier molecular flexibility index (Phi) is 9.13. The Bertz CT molecular complexity index is 602. The topological polar surface area (TPSA) is 0 Å². The Balaban J connectivity index is 0.00000161. The van der Waals surface area contributed by atoms with Crippen LogP contribution < -0.4 is 0 Å². The van der Waals surface area contributed by atoms with Crippen molar-refractivity contribution in [2.45, 2.75) is 65.7 Å². The molecule has 0 aromatic heterocycles. The van der Waals surface area contributed by atoms with Gasteiger partial charge in [0.15, 0.2) is 0 Å². The van der Waals surface area contributed by atoms with Crippen molar-refractivity contribution in [3.05, 3.63) is 55.8 Å². The van der Waals surface area contributed by atoms with E-state index >= 15 is 0 Å². The molecule has 0 bridgehead atoms. The largest absolute Gasteiger partial charge is 0.358 e. The van der Waals surface area contributed by atoms with Crippen molar-refractivity contribution in [1.82, 2.24) is 0 Å². The quantitative estimate of drug-likeness (QED) is 0.333. The third kappa shape index (κ3) is 4.21. The molecule has 23 heavy (non-hydrogen) atoms. The van der Waals surface area contributed by atoms with E-state index < -0.39 is 0 Å². The van der Waals surface area contributed by atoms with Gasteiger partial charge in [-0.2, -0.15) is 6.07 Å². The standard InChI is InChI=1S/C20H27.2CH3.Hf/c1-4-7-8-15-9-10-16-11-17-13-20(5-2,6-3)14-18(17)12-19(15)16;;;/h9-12H,4-8,13-14H2,1-3H3;2*1H3;/q3*-1;. The monoisotopic (exact) mass is 477 g/mol. The third-order valence-electron chi connectivity index (χ3n) is 5.61. The van der Waals surface area contributed by atoms with Crippen LogP contribution in [0.25, 0.3) is 10.8 Å². The number of hydrogen-bond acceptors (Lipinski definition) is 0. The molecule has 0 saturated carbocycles. The number of hydrogen-bond donors (Lipinski definition) is 0. The van der Waals surface area contributed by atoms with Gasteiger partial charge in [-0.05, 0) is 31.1 Å². The van der Waals surface area contributed by atoms with Crippen molar-refractivity contribution in [2.75, 3.05) is 0 Å². The van der Waals surface area contributed by atoms with Gasteiger partial charge < -0.3 is 14.9 Å². The summed E-state index contributed by atoms with van der Waals surface area (Å²) in [6, 6.07) is 9.68. The molecule has 0 unspecified atom stereocenters. The Morgan fingerprint density at radius 1 is 1.00 bits per heavy atom. The summed E-state index contributed by atoms with van der Waals surface area (Å²) in [7, 11) is 0. The Hall–Kier alpha value is -0.300. The molecule has 2 aromatic rings. The molecule has 0 amide bonds. The van der Waals surface area contributed by atoms with Gasteiger partial charge in [0.25, 0.3) is 0 Å². The zero-order valence-corrected chi connectivity index (χ0v) is 19.4. The SMILES string of the molecule is CCCC[c-]1ccc2cc3c(cc21)CC(CC)(CC)C3.[CH3-].[CH3-].[Hf]. The first kappa shape index (κ1) is 22.7. The zero-order valence-electron chi connectivity index (χ0n) is 15.8. The number of unbranched alkanes of at least 4 members (excludes halogenated alkanes) is 1. The van der Waals surface area contributed by atoms with Crippen LogP contribution in [0.2, 0.25) is 0 Å². The van der Waals surface area contributed by atoms with Crippen LogP contribution in [0.15, 0.2) is 24.3 Å². The summed E-state index contributed by atoms with van der Waals surface area (Å²) >= 11 is 0. The Morgan fingerprint density at radius 3 is 2.17 bits per heavy atom. The molecule has 0 atom stereocenters. The summed E-state index contributed by atoms with van der Waals surface area (Å²) < 4.78 is 0. The maximum absolute atomic E-state index is 2.52. The van der Waals surface area contributed by atoms with Gasteiger partial charge in [-0.15, -0.1) is 34.5 Å². The van der Waals surface area contributed by atoms with Gasteiger partial charge in [0.2, 0.25) is 0 Å². The first-order chi connectivity index (χ1) is 9.71. The molecule has 128 valence electrons. The normalized spacial score (nSPS) is 14.6. The van der Waals surface area contributed by atoms with Crippen LogP contribution in [0.5, 0.6) is 0 Å². The van der Waals surface area contributed by atoms with E-state index in [9.17, 15) is 0 Å². The van der Waals surface area contributed by atoms with E-state index in [1.54, 1.807) is 16.7 Å². The molecule has 0 nitrogen and oxygen atoms in total. The number of aryl methyl sites for hydroxylation is 1. The smallest absolute Gasteiger partial charge is 0 e. The van der Waals surface area contributed by atoms with E-state index in [-0.39, 0.29) is 40.7 Å². The minimum atomic E-state index is 0. The first-order valence-electron chi connectivity index (χ1n) is 8.41. The molecule has 2 aromatic carbocycles. The van der Waals surface area contributed by atoms with Crippen LogP contribution in [0.4, 0.5) is 0 Å². The second-order valence-corrected chi connectivity index (χ2v) is 6.73. The van der Waals surface area contributed by atoms with Crippen LogP contribution in [-0.4, -0.2) is 0 Å². The summed E-state index contributed by atoms with van der Waals surface area (Å²) in [5.41, 5.74) is 5.36. The maximum atomic E-state index is 2.52. The fourth-order valence-corrected chi connectivity index (χ4v) is 3.94. The van der Waals surface area contributed by atoms with Gasteiger partial charge in [-0.1, -0.05) is 51.2 Å². The molecule has 0 aliphatic heterocycles. The number of benzene rings is 1. The summed E-state index contributed by atoms with van der Waals surface area (Å²) in [5.74, 6) is 0. The average molecular weight is 476 g/mol. The van der Waals surface area contributed by atoms with Crippen LogP contribution in [0.1, 0.15) is 63.1 Å². The van der Waals surface area contributed by atoms with Crippen molar-refractivity contribution in [3.8, 4) is 0 Å². The zero-order chi connectivity index (χ0) is 14.2. The fourth-order valence-electron chi connectivity index (χ4n) is 3.94. The van der Waals surface area contributed by atoms with Crippen LogP contribution in [0.3, 0.4) is 0 Å². The van der Waals surface area contributed by atoms with Gasteiger partial charge in [-0.3, -0.25) is 0 Å². The number of rotatable bonds is 5. The van der Waals surface area contributed by atoms with Gasteiger partial charge >= 0.3 is 0 Å². The van der Waals surface area contributed by atoms with E-state index in [0.717, 1.165) is 0 Å². The molecule has 0 radical (unpaired) electrons. The van der Waals surface area contributed by atoms with E-state index in [1.165, 1.54) is 55.7 Å². The molecule has 1 heteroatoms. The van der Waals surface area contributed by atoms with Crippen LogP contribution >= 0.6 is 0 Å². The van der Waals surface area contributed by atoms with Crippen LogP contribution in [-0.2, 0) is 45.1 Å². The second kappa shape index (κ2) is 9.25. The molecule has 3 rings (SSSR count). The summed E-state index contributed by atoms with van der Waals surface area (Å²) in [6.07, 6.45) is 9.04. The number of fused-ring (bicyclic) bond motifs is 2. The molecular weight excluding hydrogens is 443 g/mol. The molecule has 1 aliphatic rings. The molecule has 1 aliphatic carbocycles.